The second-order valence-electron chi connectivity index (χ2n) is 4.78. The summed E-state index contributed by atoms with van der Waals surface area (Å²) in [5.41, 5.74) is 8.12. The number of rotatable bonds is 7. The Hall–Kier alpha value is -1.06. The fourth-order valence-corrected chi connectivity index (χ4v) is 1.85. The molecule has 3 heteroatoms. The van der Waals surface area contributed by atoms with E-state index in [0.717, 1.165) is 31.9 Å². The lowest BCUT2D eigenvalue weighted by atomic mass is 10.1. The maximum atomic E-state index is 5.98. The van der Waals surface area contributed by atoms with Crippen LogP contribution < -0.4 is 5.73 Å². The molecule has 0 aliphatic rings. The van der Waals surface area contributed by atoms with Crippen LogP contribution in [0.2, 0.25) is 0 Å². The maximum Gasteiger partial charge on any atom is 0.0359 e. The highest BCUT2D eigenvalue weighted by Crippen LogP contribution is 2.13. The average Bonchev–Trinajstić information content (AvgIpc) is 2.29. The van der Waals surface area contributed by atoms with E-state index in [4.69, 9.17) is 5.73 Å². The van der Waals surface area contributed by atoms with Crippen molar-refractivity contribution in [2.45, 2.75) is 19.9 Å². The van der Waals surface area contributed by atoms with Crippen LogP contribution in [0, 0.1) is 0 Å². The molecule has 1 aromatic carbocycles. The molecule has 0 heterocycles. The molecule has 0 radical (unpaired) electrons. The van der Waals surface area contributed by atoms with Crippen LogP contribution in [-0.2, 0) is 6.54 Å². The molecule has 2 N–H and O–H groups in total. The van der Waals surface area contributed by atoms with Crippen LogP contribution in [0.25, 0.3) is 0 Å². The molecule has 1 rings (SSSR count). The van der Waals surface area contributed by atoms with Gasteiger partial charge in [-0.05, 0) is 38.7 Å². The molecule has 0 saturated carbocycles. The Kier molecular flexibility index (Phi) is 6.01. The SMILES string of the molecule is CCCN(CCN(C)C)Cc1ccccc1N. The van der Waals surface area contributed by atoms with Gasteiger partial charge in [-0.25, -0.2) is 0 Å². The van der Waals surface area contributed by atoms with Crippen LogP contribution in [0.3, 0.4) is 0 Å². The number of likely N-dealkylation sites (N-methyl/N-ethyl adjacent to an activating group) is 1. The van der Waals surface area contributed by atoms with Crippen molar-refractivity contribution >= 4 is 5.69 Å². The summed E-state index contributed by atoms with van der Waals surface area (Å²) in [6.45, 7) is 6.48. The molecular formula is C14H25N3. The Morgan fingerprint density at radius 1 is 1.06 bits per heavy atom. The molecule has 0 aliphatic carbocycles. The van der Waals surface area contributed by atoms with Gasteiger partial charge in [-0.1, -0.05) is 25.1 Å². The van der Waals surface area contributed by atoms with Crippen LogP contribution in [0.1, 0.15) is 18.9 Å². The van der Waals surface area contributed by atoms with E-state index in [1.807, 2.05) is 12.1 Å². The summed E-state index contributed by atoms with van der Waals surface area (Å²) in [6.07, 6.45) is 1.18. The second kappa shape index (κ2) is 7.30. The van der Waals surface area contributed by atoms with E-state index in [9.17, 15) is 0 Å². The Morgan fingerprint density at radius 2 is 1.76 bits per heavy atom. The Morgan fingerprint density at radius 3 is 2.35 bits per heavy atom. The number of hydrogen-bond acceptors (Lipinski definition) is 3. The molecule has 0 saturated heterocycles. The van der Waals surface area contributed by atoms with Crippen molar-refractivity contribution in [2.24, 2.45) is 0 Å². The van der Waals surface area contributed by atoms with Gasteiger partial charge in [-0.2, -0.15) is 0 Å². The van der Waals surface area contributed by atoms with Gasteiger partial charge in [0.1, 0.15) is 0 Å². The lowest BCUT2D eigenvalue weighted by Crippen LogP contribution is -2.32. The molecule has 17 heavy (non-hydrogen) atoms. The zero-order valence-electron chi connectivity index (χ0n) is 11.3. The van der Waals surface area contributed by atoms with Gasteiger partial charge in [0.05, 0.1) is 0 Å². The van der Waals surface area contributed by atoms with Gasteiger partial charge in [0.15, 0.2) is 0 Å². The lowest BCUT2D eigenvalue weighted by molar-refractivity contribution is 0.234. The van der Waals surface area contributed by atoms with Crippen molar-refractivity contribution in [2.75, 3.05) is 39.5 Å². The molecule has 0 amide bonds. The van der Waals surface area contributed by atoms with Crippen LogP contribution >= 0.6 is 0 Å². The van der Waals surface area contributed by atoms with Crippen molar-refractivity contribution < 1.29 is 0 Å². The Bertz CT molecular complexity index is 323. The fraction of sp³-hybridized carbons (Fsp3) is 0.571. The zero-order valence-corrected chi connectivity index (χ0v) is 11.3. The number of hydrogen-bond donors (Lipinski definition) is 1. The summed E-state index contributed by atoms with van der Waals surface area (Å²) in [5.74, 6) is 0. The lowest BCUT2D eigenvalue weighted by Gasteiger charge is -2.24. The van der Waals surface area contributed by atoms with Gasteiger partial charge in [0, 0.05) is 25.3 Å². The predicted molar refractivity (Wildman–Crippen MR) is 75.0 cm³/mol. The Labute approximate surface area is 105 Å². The third-order valence-electron chi connectivity index (χ3n) is 2.85. The number of nitrogen functional groups attached to an aromatic ring is 1. The first-order chi connectivity index (χ1) is 8.13. The highest BCUT2D eigenvalue weighted by atomic mass is 15.2. The van der Waals surface area contributed by atoms with Gasteiger partial charge in [-0.15, -0.1) is 0 Å². The van der Waals surface area contributed by atoms with Crippen LogP contribution in [0.4, 0.5) is 5.69 Å². The van der Waals surface area contributed by atoms with E-state index in [-0.39, 0.29) is 0 Å². The summed E-state index contributed by atoms with van der Waals surface area (Å²) < 4.78 is 0. The molecule has 0 unspecified atom stereocenters. The molecular weight excluding hydrogens is 210 g/mol. The highest BCUT2D eigenvalue weighted by Gasteiger charge is 2.07. The van der Waals surface area contributed by atoms with E-state index in [1.54, 1.807) is 0 Å². The standard InChI is InChI=1S/C14H25N3/c1-4-9-17(11-10-16(2)3)12-13-7-5-6-8-14(13)15/h5-8H,4,9-12,15H2,1-3H3. The van der Waals surface area contributed by atoms with Gasteiger partial charge >= 0.3 is 0 Å². The molecule has 0 fully saturated rings. The average molecular weight is 235 g/mol. The van der Waals surface area contributed by atoms with Crippen LogP contribution in [0.5, 0.6) is 0 Å². The summed E-state index contributed by atoms with van der Waals surface area (Å²) in [7, 11) is 4.22. The number of benzene rings is 1. The molecule has 0 atom stereocenters. The summed E-state index contributed by atoms with van der Waals surface area (Å²) >= 11 is 0. The van der Waals surface area contributed by atoms with E-state index >= 15 is 0 Å². The van der Waals surface area contributed by atoms with Gasteiger partial charge in [-0.3, -0.25) is 4.90 Å². The van der Waals surface area contributed by atoms with Crippen molar-refractivity contribution in [1.82, 2.24) is 9.80 Å². The quantitative estimate of drug-likeness (QED) is 0.734. The maximum absolute atomic E-state index is 5.98. The third-order valence-corrected chi connectivity index (χ3v) is 2.85. The minimum Gasteiger partial charge on any atom is -0.398 e. The highest BCUT2D eigenvalue weighted by molar-refractivity contribution is 5.46. The molecule has 3 nitrogen and oxygen atoms in total. The smallest absolute Gasteiger partial charge is 0.0359 e. The number of anilines is 1. The first-order valence-electron chi connectivity index (χ1n) is 6.34. The van der Waals surface area contributed by atoms with Crippen molar-refractivity contribution in [3.05, 3.63) is 29.8 Å². The molecule has 0 aliphatic heterocycles. The van der Waals surface area contributed by atoms with Crippen molar-refractivity contribution in [3.63, 3.8) is 0 Å². The van der Waals surface area contributed by atoms with Gasteiger partial charge < -0.3 is 10.6 Å². The fourth-order valence-electron chi connectivity index (χ4n) is 1.85. The van der Waals surface area contributed by atoms with Crippen molar-refractivity contribution in [1.29, 1.82) is 0 Å². The van der Waals surface area contributed by atoms with E-state index in [0.29, 0.717) is 0 Å². The third kappa shape index (κ3) is 5.20. The second-order valence-corrected chi connectivity index (χ2v) is 4.78. The molecule has 0 aromatic heterocycles. The normalized spacial score (nSPS) is 11.4. The summed E-state index contributed by atoms with van der Waals surface area (Å²) in [4.78, 5) is 4.68. The molecule has 96 valence electrons. The minimum atomic E-state index is 0.901. The topological polar surface area (TPSA) is 32.5 Å². The number of nitrogens with zero attached hydrogens (tertiary/aromatic N) is 2. The molecule has 0 spiro atoms. The number of para-hydroxylation sites is 1. The molecule has 1 aromatic rings. The zero-order chi connectivity index (χ0) is 12.7. The first kappa shape index (κ1) is 14.0. The minimum absolute atomic E-state index is 0.901. The van der Waals surface area contributed by atoms with E-state index in [1.165, 1.54) is 12.0 Å². The van der Waals surface area contributed by atoms with Gasteiger partial charge in [0.2, 0.25) is 0 Å². The predicted octanol–water partition coefficient (Wildman–Crippen LogP) is 2.04. The molecule has 0 bridgehead atoms. The van der Waals surface area contributed by atoms with Crippen molar-refractivity contribution in [3.8, 4) is 0 Å². The monoisotopic (exact) mass is 235 g/mol. The largest absolute Gasteiger partial charge is 0.398 e. The van der Waals surface area contributed by atoms with Gasteiger partial charge in [0.25, 0.3) is 0 Å². The van der Waals surface area contributed by atoms with E-state index < -0.39 is 0 Å². The number of nitrogens with two attached hydrogens (primary N) is 1. The van der Waals surface area contributed by atoms with E-state index in [2.05, 4.69) is 43.0 Å². The Balaban J connectivity index is 2.56. The van der Waals surface area contributed by atoms with Crippen LogP contribution in [-0.4, -0.2) is 43.5 Å². The summed E-state index contributed by atoms with van der Waals surface area (Å²) in [6, 6.07) is 8.14. The summed E-state index contributed by atoms with van der Waals surface area (Å²) in [5, 5.41) is 0. The van der Waals surface area contributed by atoms with Crippen LogP contribution in [0.15, 0.2) is 24.3 Å². The first-order valence-corrected chi connectivity index (χ1v) is 6.34.